The first-order valence-electron chi connectivity index (χ1n) is 5.88. The molecule has 0 bridgehead atoms. The molecule has 0 saturated carbocycles. The van der Waals surface area contributed by atoms with E-state index in [-0.39, 0.29) is 5.41 Å². The molecule has 0 fully saturated rings. The van der Waals surface area contributed by atoms with Crippen LogP contribution >= 0.6 is 23.1 Å². The molecular weight excluding hydrogens is 260 g/mol. The second-order valence-corrected chi connectivity index (χ2v) is 7.16. The summed E-state index contributed by atoms with van der Waals surface area (Å²) < 4.78 is 0. The van der Waals surface area contributed by atoms with Crippen molar-refractivity contribution in [2.45, 2.75) is 36.8 Å². The molecule has 4 heteroatoms. The smallest absolute Gasteiger partial charge is 0.0982 e. The Hall–Kier alpha value is -1.000. The topological polar surface area (TPSA) is 38.9 Å². The monoisotopic (exact) mass is 278 g/mol. The largest absolute Gasteiger partial charge is 0.399 e. The standard InChI is InChI=1S/C14H18N2S2/c1-14(2,3)13-16-11(9-18-13)8-17-12-6-4-5-10(15)7-12/h4-7,9H,8,15H2,1-3H3. The summed E-state index contributed by atoms with van der Waals surface area (Å²) >= 11 is 3.52. The minimum absolute atomic E-state index is 0.144. The predicted molar refractivity (Wildman–Crippen MR) is 81.2 cm³/mol. The van der Waals surface area contributed by atoms with E-state index < -0.39 is 0 Å². The zero-order valence-corrected chi connectivity index (χ0v) is 12.6. The number of nitrogens with zero attached hydrogens (tertiary/aromatic N) is 1. The van der Waals surface area contributed by atoms with Gasteiger partial charge in [-0.25, -0.2) is 4.98 Å². The van der Waals surface area contributed by atoms with Crippen LogP contribution in [-0.4, -0.2) is 4.98 Å². The number of hydrogen-bond acceptors (Lipinski definition) is 4. The molecule has 2 aromatic rings. The van der Waals surface area contributed by atoms with Crippen LogP contribution in [0.15, 0.2) is 34.5 Å². The Kier molecular flexibility index (Phi) is 3.97. The number of nitrogens with two attached hydrogens (primary N) is 1. The van der Waals surface area contributed by atoms with Crippen molar-refractivity contribution in [1.82, 2.24) is 4.98 Å². The van der Waals surface area contributed by atoms with Gasteiger partial charge in [0.1, 0.15) is 0 Å². The lowest BCUT2D eigenvalue weighted by atomic mass is 9.98. The normalized spacial score (nSPS) is 11.7. The van der Waals surface area contributed by atoms with Crippen LogP contribution in [0, 0.1) is 0 Å². The molecule has 18 heavy (non-hydrogen) atoms. The lowest BCUT2D eigenvalue weighted by molar-refractivity contribution is 0.584. The summed E-state index contributed by atoms with van der Waals surface area (Å²) in [6.07, 6.45) is 0. The quantitative estimate of drug-likeness (QED) is 0.671. The van der Waals surface area contributed by atoms with E-state index >= 15 is 0 Å². The van der Waals surface area contributed by atoms with Gasteiger partial charge in [-0.1, -0.05) is 26.8 Å². The molecule has 1 aromatic carbocycles. The molecule has 0 amide bonds. The van der Waals surface area contributed by atoms with E-state index in [0.29, 0.717) is 0 Å². The molecule has 0 unspecified atom stereocenters. The average molecular weight is 278 g/mol. The van der Waals surface area contributed by atoms with Gasteiger partial charge in [0.25, 0.3) is 0 Å². The lowest BCUT2D eigenvalue weighted by Gasteiger charge is -2.13. The van der Waals surface area contributed by atoms with Gasteiger partial charge >= 0.3 is 0 Å². The summed E-state index contributed by atoms with van der Waals surface area (Å²) in [6.45, 7) is 6.59. The molecule has 96 valence electrons. The van der Waals surface area contributed by atoms with E-state index in [4.69, 9.17) is 5.73 Å². The summed E-state index contributed by atoms with van der Waals surface area (Å²) in [5, 5.41) is 3.35. The molecule has 1 aromatic heterocycles. The fourth-order valence-electron chi connectivity index (χ4n) is 1.48. The predicted octanol–water partition coefficient (Wildman–Crippen LogP) is 4.32. The maximum absolute atomic E-state index is 5.76. The second kappa shape index (κ2) is 5.33. The van der Waals surface area contributed by atoms with Crippen LogP contribution in [0.3, 0.4) is 0 Å². The fourth-order valence-corrected chi connectivity index (χ4v) is 3.35. The third-order valence-corrected chi connectivity index (χ3v) is 4.78. The molecule has 0 atom stereocenters. The Morgan fingerprint density at radius 3 is 2.72 bits per heavy atom. The number of benzene rings is 1. The average Bonchev–Trinajstić information content (AvgIpc) is 2.74. The van der Waals surface area contributed by atoms with Crippen LogP contribution in [0.25, 0.3) is 0 Å². The number of anilines is 1. The van der Waals surface area contributed by atoms with Crippen LogP contribution < -0.4 is 5.73 Å². The van der Waals surface area contributed by atoms with Gasteiger partial charge in [-0.3, -0.25) is 0 Å². The Labute approximate surface area is 117 Å². The van der Waals surface area contributed by atoms with Crippen molar-refractivity contribution in [2.24, 2.45) is 0 Å². The van der Waals surface area contributed by atoms with E-state index in [0.717, 1.165) is 17.1 Å². The number of rotatable bonds is 3. The lowest BCUT2D eigenvalue weighted by Crippen LogP contribution is -2.10. The first kappa shape index (κ1) is 13.4. The fraction of sp³-hybridized carbons (Fsp3) is 0.357. The van der Waals surface area contributed by atoms with Gasteiger partial charge in [0.05, 0.1) is 10.7 Å². The Balaban J connectivity index is 2.01. The zero-order valence-electron chi connectivity index (χ0n) is 10.9. The van der Waals surface area contributed by atoms with Crippen LogP contribution in [-0.2, 0) is 11.2 Å². The van der Waals surface area contributed by atoms with Crippen LogP contribution in [0.5, 0.6) is 0 Å². The minimum Gasteiger partial charge on any atom is -0.399 e. The molecule has 1 heterocycles. The number of nitrogen functional groups attached to an aromatic ring is 1. The highest BCUT2D eigenvalue weighted by molar-refractivity contribution is 7.98. The number of aromatic nitrogens is 1. The van der Waals surface area contributed by atoms with Crippen LogP contribution in [0.2, 0.25) is 0 Å². The first-order valence-corrected chi connectivity index (χ1v) is 7.75. The first-order chi connectivity index (χ1) is 8.45. The highest BCUT2D eigenvalue weighted by Gasteiger charge is 2.17. The second-order valence-electron chi connectivity index (χ2n) is 5.26. The van der Waals surface area contributed by atoms with E-state index in [2.05, 4.69) is 37.2 Å². The van der Waals surface area contributed by atoms with Crippen molar-refractivity contribution in [3.05, 3.63) is 40.3 Å². The van der Waals surface area contributed by atoms with Gasteiger partial charge < -0.3 is 5.73 Å². The number of thiazole rings is 1. The molecule has 2 rings (SSSR count). The van der Waals surface area contributed by atoms with Crippen molar-refractivity contribution in [3.63, 3.8) is 0 Å². The Morgan fingerprint density at radius 1 is 1.33 bits per heavy atom. The summed E-state index contributed by atoms with van der Waals surface area (Å²) in [5.41, 5.74) is 7.87. The number of hydrogen-bond donors (Lipinski definition) is 1. The van der Waals surface area contributed by atoms with Crippen molar-refractivity contribution in [1.29, 1.82) is 0 Å². The molecule has 0 aliphatic rings. The van der Waals surface area contributed by atoms with Gasteiger partial charge in [-0.05, 0) is 18.2 Å². The minimum atomic E-state index is 0.144. The van der Waals surface area contributed by atoms with Gasteiger partial charge in [0.15, 0.2) is 0 Å². The molecule has 2 nitrogen and oxygen atoms in total. The van der Waals surface area contributed by atoms with Crippen LogP contribution in [0.4, 0.5) is 5.69 Å². The summed E-state index contributed by atoms with van der Waals surface area (Å²) in [5.74, 6) is 0.899. The van der Waals surface area contributed by atoms with Gasteiger partial charge in [-0.2, -0.15) is 0 Å². The molecule has 0 radical (unpaired) electrons. The van der Waals surface area contributed by atoms with E-state index in [1.165, 1.54) is 9.90 Å². The van der Waals surface area contributed by atoms with Crippen molar-refractivity contribution >= 4 is 28.8 Å². The summed E-state index contributed by atoms with van der Waals surface area (Å²) in [7, 11) is 0. The number of thioether (sulfide) groups is 1. The highest BCUT2D eigenvalue weighted by atomic mass is 32.2. The van der Waals surface area contributed by atoms with Gasteiger partial charge in [0, 0.05) is 27.1 Å². The maximum atomic E-state index is 5.76. The SMILES string of the molecule is CC(C)(C)c1nc(CSc2cccc(N)c2)cs1. The third kappa shape index (κ3) is 3.50. The van der Waals surface area contributed by atoms with E-state index in [9.17, 15) is 0 Å². The molecule has 0 spiro atoms. The van der Waals surface area contributed by atoms with Crippen molar-refractivity contribution < 1.29 is 0 Å². The van der Waals surface area contributed by atoms with Crippen molar-refractivity contribution in [3.8, 4) is 0 Å². The molecule has 2 N–H and O–H groups in total. The highest BCUT2D eigenvalue weighted by Crippen LogP contribution is 2.29. The molecule has 0 saturated heterocycles. The van der Waals surface area contributed by atoms with Crippen LogP contribution in [0.1, 0.15) is 31.5 Å². The Morgan fingerprint density at radius 2 is 2.11 bits per heavy atom. The van der Waals surface area contributed by atoms with Gasteiger partial charge in [-0.15, -0.1) is 23.1 Å². The van der Waals surface area contributed by atoms with Crippen molar-refractivity contribution in [2.75, 3.05) is 5.73 Å². The summed E-state index contributed by atoms with van der Waals surface area (Å²) in [4.78, 5) is 5.88. The van der Waals surface area contributed by atoms with Gasteiger partial charge in [0.2, 0.25) is 0 Å². The molecule has 0 aliphatic heterocycles. The maximum Gasteiger partial charge on any atom is 0.0982 e. The van der Waals surface area contributed by atoms with E-state index in [1.54, 1.807) is 23.1 Å². The molecular formula is C14H18N2S2. The zero-order chi connectivity index (χ0) is 13.2. The molecule has 0 aliphatic carbocycles. The third-order valence-electron chi connectivity index (χ3n) is 2.44. The Bertz CT molecular complexity index is 527. The van der Waals surface area contributed by atoms with E-state index in [1.807, 2.05) is 18.2 Å². The summed E-state index contributed by atoms with van der Waals surface area (Å²) in [6, 6.07) is 7.98.